The van der Waals surface area contributed by atoms with E-state index in [4.69, 9.17) is 4.74 Å². The Labute approximate surface area is 114 Å². The molecule has 0 aromatic carbocycles. The third-order valence-electron chi connectivity index (χ3n) is 3.52. The maximum atomic E-state index is 5.83. The molecule has 1 aliphatic heterocycles. The summed E-state index contributed by atoms with van der Waals surface area (Å²) < 4.78 is 5.83. The van der Waals surface area contributed by atoms with Gasteiger partial charge < -0.3 is 10.1 Å². The Morgan fingerprint density at radius 1 is 1.50 bits per heavy atom. The first-order chi connectivity index (χ1) is 8.66. The van der Waals surface area contributed by atoms with E-state index in [9.17, 15) is 0 Å². The van der Waals surface area contributed by atoms with Gasteiger partial charge in [-0.15, -0.1) is 11.3 Å². The van der Waals surface area contributed by atoms with Crippen molar-refractivity contribution < 1.29 is 4.74 Å². The first-order valence-electron chi connectivity index (χ1n) is 6.79. The van der Waals surface area contributed by atoms with Crippen LogP contribution in [0.15, 0.2) is 17.5 Å². The third kappa shape index (κ3) is 3.79. The van der Waals surface area contributed by atoms with E-state index in [1.165, 1.54) is 4.88 Å². The molecule has 2 rings (SSSR count). The molecular formula is C14H24N2OS. The Balaban J connectivity index is 1.76. The fourth-order valence-corrected chi connectivity index (χ4v) is 3.04. The molecule has 0 saturated carbocycles. The van der Waals surface area contributed by atoms with Crippen molar-refractivity contribution >= 4 is 11.3 Å². The lowest BCUT2D eigenvalue weighted by Crippen LogP contribution is -2.49. The van der Waals surface area contributed by atoms with Crippen molar-refractivity contribution in [3.63, 3.8) is 0 Å². The van der Waals surface area contributed by atoms with Gasteiger partial charge in [-0.3, -0.25) is 4.90 Å². The van der Waals surface area contributed by atoms with Gasteiger partial charge in [-0.1, -0.05) is 6.07 Å². The van der Waals surface area contributed by atoms with Gasteiger partial charge in [-0.05, 0) is 32.2 Å². The molecule has 2 atom stereocenters. The van der Waals surface area contributed by atoms with Gasteiger partial charge in [0.15, 0.2) is 0 Å². The number of ether oxygens (including phenoxy) is 1. The van der Waals surface area contributed by atoms with Crippen LogP contribution in [0.2, 0.25) is 0 Å². The van der Waals surface area contributed by atoms with Gasteiger partial charge in [0.05, 0.1) is 12.7 Å². The Bertz CT molecular complexity index is 340. The number of hydrogen-bond donors (Lipinski definition) is 1. The van der Waals surface area contributed by atoms with Crippen molar-refractivity contribution in [2.75, 3.05) is 26.2 Å². The molecule has 102 valence electrons. The van der Waals surface area contributed by atoms with Crippen LogP contribution in [0.25, 0.3) is 0 Å². The lowest BCUT2D eigenvalue weighted by Gasteiger charge is -2.36. The second kappa shape index (κ2) is 6.66. The average Bonchev–Trinajstić information content (AvgIpc) is 2.90. The van der Waals surface area contributed by atoms with E-state index in [1.807, 2.05) is 11.3 Å². The van der Waals surface area contributed by atoms with Crippen LogP contribution in [0.5, 0.6) is 0 Å². The summed E-state index contributed by atoms with van der Waals surface area (Å²) in [5.41, 5.74) is 0. The maximum Gasteiger partial charge on any atom is 0.0827 e. The van der Waals surface area contributed by atoms with Crippen molar-refractivity contribution in [1.29, 1.82) is 0 Å². The summed E-state index contributed by atoms with van der Waals surface area (Å²) >= 11 is 1.81. The zero-order valence-electron chi connectivity index (χ0n) is 11.6. The summed E-state index contributed by atoms with van der Waals surface area (Å²) in [7, 11) is 0. The van der Waals surface area contributed by atoms with E-state index in [0.29, 0.717) is 18.2 Å². The molecule has 3 nitrogen and oxygen atoms in total. The molecule has 0 spiro atoms. The standard InChI is InChI=1S/C14H24N2OS/c1-11(2)16-6-7-17-13(10-16)9-15-12(3)14-5-4-8-18-14/h4-5,8,11-13,15H,6-7,9-10H2,1-3H3/t12-,13?/m1/s1. The highest BCUT2D eigenvalue weighted by Gasteiger charge is 2.22. The summed E-state index contributed by atoms with van der Waals surface area (Å²) in [5.74, 6) is 0. The molecular weight excluding hydrogens is 244 g/mol. The minimum atomic E-state index is 0.323. The van der Waals surface area contributed by atoms with Gasteiger partial charge in [0.25, 0.3) is 0 Å². The number of nitrogens with one attached hydrogen (secondary N) is 1. The first-order valence-corrected chi connectivity index (χ1v) is 7.67. The summed E-state index contributed by atoms with van der Waals surface area (Å²) in [4.78, 5) is 3.89. The number of nitrogens with zero attached hydrogens (tertiary/aromatic N) is 1. The normalized spacial score (nSPS) is 23.4. The number of thiophene rings is 1. The van der Waals surface area contributed by atoms with Crippen LogP contribution in [-0.2, 0) is 4.74 Å². The smallest absolute Gasteiger partial charge is 0.0827 e. The lowest BCUT2D eigenvalue weighted by molar-refractivity contribution is -0.0379. The largest absolute Gasteiger partial charge is 0.374 e. The SMILES string of the molecule is CC(C)N1CCOC(CN[C@H](C)c2cccs2)C1. The highest BCUT2D eigenvalue weighted by molar-refractivity contribution is 7.10. The lowest BCUT2D eigenvalue weighted by atomic mass is 10.2. The molecule has 0 radical (unpaired) electrons. The van der Waals surface area contributed by atoms with E-state index < -0.39 is 0 Å². The van der Waals surface area contributed by atoms with E-state index in [0.717, 1.165) is 26.2 Å². The second-order valence-corrected chi connectivity index (χ2v) is 6.21. The Hall–Kier alpha value is -0.420. The summed E-state index contributed by atoms with van der Waals surface area (Å²) in [6.45, 7) is 10.6. The highest BCUT2D eigenvalue weighted by atomic mass is 32.1. The molecule has 1 aromatic rings. The van der Waals surface area contributed by atoms with Gasteiger partial charge in [-0.2, -0.15) is 0 Å². The predicted molar refractivity (Wildman–Crippen MR) is 77.2 cm³/mol. The quantitative estimate of drug-likeness (QED) is 0.888. The van der Waals surface area contributed by atoms with Crippen LogP contribution in [0.4, 0.5) is 0 Å². The number of morpholine rings is 1. The summed E-state index contributed by atoms with van der Waals surface area (Å²) in [6.07, 6.45) is 0.323. The molecule has 1 saturated heterocycles. The molecule has 1 N–H and O–H groups in total. The molecule has 4 heteroatoms. The molecule has 2 heterocycles. The molecule has 1 aromatic heterocycles. The molecule has 0 bridgehead atoms. The van der Waals surface area contributed by atoms with Crippen molar-refractivity contribution in [3.8, 4) is 0 Å². The number of hydrogen-bond acceptors (Lipinski definition) is 4. The van der Waals surface area contributed by atoms with Crippen molar-refractivity contribution in [2.24, 2.45) is 0 Å². The topological polar surface area (TPSA) is 24.5 Å². The van der Waals surface area contributed by atoms with Crippen molar-refractivity contribution in [1.82, 2.24) is 10.2 Å². The molecule has 18 heavy (non-hydrogen) atoms. The van der Waals surface area contributed by atoms with Gasteiger partial charge in [-0.25, -0.2) is 0 Å². The van der Waals surface area contributed by atoms with Gasteiger partial charge in [0, 0.05) is 36.6 Å². The fourth-order valence-electron chi connectivity index (χ4n) is 2.28. The molecule has 1 fully saturated rings. The van der Waals surface area contributed by atoms with Gasteiger partial charge in [0.2, 0.25) is 0 Å². The first kappa shape index (κ1) is 14.0. The molecule has 1 aliphatic rings. The fraction of sp³-hybridized carbons (Fsp3) is 0.714. The monoisotopic (exact) mass is 268 g/mol. The van der Waals surface area contributed by atoms with E-state index >= 15 is 0 Å². The predicted octanol–water partition coefficient (Wildman–Crippen LogP) is 2.51. The van der Waals surface area contributed by atoms with E-state index in [1.54, 1.807) is 0 Å². The van der Waals surface area contributed by atoms with Crippen LogP contribution in [-0.4, -0.2) is 43.3 Å². The van der Waals surface area contributed by atoms with Crippen LogP contribution in [0, 0.1) is 0 Å². The van der Waals surface area contributed by atoms with Crippen LogP contribution in [0.1, 0.15) is 31.7 Å². The Morgan fingerprint density at radius 2 is 2.33 bits per heavy atom. The number of rotatable bonds is 5. The van der Waals surface area contributed by atoms with Crippen molar-refractivity contribution in [3.05, 3.63) is 22.4 Å². The van der Waals surface area contributed by atoms with Crippen LogP contribution >= 0.6 is 11.3 Å². The summed E-state index contributed by atoms with van der Waals surface area (Å²) in [5, 5.41) is 5.70. The average molecular weight is 268 g/mol. The zero-order chi connectivity index (χ0) is 13.0. The molecule has 0 amide bonds. The van der Waals surface area contributed by atoms with Gasteiger partial charge >= 0.3 is 0 Å². The summed E-state index contributed by atoms with van der Waals surface area (Å²) in [6, 6.07) is 5.33. The van der Waals surface area contributed by atoms with Crippen molar-refractivity contribution in [2.45, 2.75) is 39.0 Å². The minimum Gasteiger partial charge on any atom is -0.374 e. The maximum absolute atomic E-state index is 5.83. The zero-order valence-corrected chi connectivity index (χ0v) is 12.4. The van der Waals surface area contributed by atoms with Gasteiger partial charge in [0.1, 0.15) is 0 Å². The second-order valence-electron chi connectivity index (χ2n) is 5.23. The third-order valence-corrected chi connectivity index (χ3v) is 4.58. The minimum absolute atomic E-state index is 0.323. The van der Waals surface area contributed by atoms with Crippen LogP contribution in [0.3, 0.4) is 0 Å². The Morgan fingerprint density at radius 3 is 3.00 bits per heavy atom. The molecule has 0 aliphatic carbocycles. The molecule has 1 unspecified atom stereocenters. The highest BCUT2D eigenvalue weighted by Crippen LogP contribution is 2.18. The van der Waals surface area contributed by atoms with Crippen LogP contribution < -0.4 is 5.32 Å². The Kier molecular flexibility index (Phi) is 5.18. The van der Waals surface area contributed by atoms with E-state index in [2.05, 4.69) is 48.5 Å². The van der Waals surface area contributed by atoms with E-state index in [-0.39, 0.29) is 0 Å².